The molecule has 3 rings (SSSR count). The van der Waals surface area contributed by atoms with Crippen molar-refractivity contribution >= 4 is 23.3 Å². The molecule has 0 saturated carbocycles. The number of aromatic nitrogens is 2. The predicted molar refractivity (Wildman–Crippen MR) is 109 cm³/mol. The second-order valence-corrected chi connectivity index (χ2v) is 7.52. The van der Waals surface area contributed by atoms with Crippen molar-refractivity contribution in [1.82, 2.24) is 9.97 Å². The second-order valence-electron chi connectivity index (χ2n) is 6.52. The molecule has 0 aliphatic heterocycles. The van der Waals surface area contributed by atoms with Gasteiger partial charge in [-0.2, -0.15) is 0 Å². The minimum atomic E-state index is -0.0544. The number of carbonyl (C=O) groups excluding carboxylic acids is 1. The van der Waals surface area contributed by atoms with Gasteiger partial charge >= 0.3 is 0 Å². The Labute approximate surface area is 162 Å². The average molecular weight is 379 g/mol. The summed E-state index contributed by atoms with van der Waals surface area (Å²) in [6, 6.07) is 5.62. The summed E-state index contributed by atoms with van der Waals surface area (Å²) < 4.78 is 0. The van der Waals surface area contributed by atoms with E-state index in [2.05, 4.69) is 15.0 Å². The van der Waals surface area contributed by atoms with E-state index >= 15 is 0 Å². The third kappa shape index (κ3) is 4.11. The van der Waals surface area contributed by atoms with Gasteiger partial charge < -0.3 is 5.11 Å². The lowest BCUT2D eigenvalue weighted by Gasteiger charge is -2.04. The summed E-state index contributed by atoms with van der Waals surface area (Å²) in [6.07, 6.45) is 5.18. The van der Waals surface area contributed by atoms with Gasteiger partial charge in [0.15, 0.2) is 5.78 Å². The van der Waals surface area contributed by atoms with Crippen molar-refractivity contribution in [2.75, 3.05) is 6.54 Å². The Balaban J connectivity index is 1.76. The highest BCUT2D eigenvalue weighted by Crippen LogP contribution is 2.30. The first-order chi connectivity index (χ1) is 12.9. The highest BCUT2D eigenvalue weighted by atomic mass is 32.1. The van der Waals surface area contributed by atoms with E-state index < -0.39 is 0 Å². The van der Waals surface area contributed by atoms with Crippen LogP contribution in [0.15, 0.2) is 35.6 Å². The summed E-state index contributed by atoms with van der Waals surface area (Å²) in [6.45, 7) is 7.59. The van der Waals surface area contributed by atoms with Crippen LogP contribution in [-0.4, -0.2) is 33.6 Å². The van der Waals surface area contributed by atoms with Crippen molar-refractivity contribution in [3.63, 3.8) is 0 Å². The fourth-order valence-corrected chi connectivity index (χ4v) is 3.90. The van der Waals surface area contributed by atoms with Crippen molar-refractivity contribution < 1.29 is 9.90 Å². The van der Waals surface area contributed by atoms with Crippen LogP contribution in [-0.2, 0) is 0 Å². The quantitative estimate of drug-likeness (QED) is 0.525. The number of benzene rings is 1. The van der Waals surface area contributed by atoms with Crippen LogP contribution >= 0.6 is 11.3 Å². The lowest BCUT2D eigenvalue weighted by Crippen LogP contribution is -2.03. The molecule has 0 bridgehead atoms. The Morgan fingerprint density at radius 1 is 1.19 bits per heavy atom. The molecule has 2 aromatic heterocycles. The average Bonchev–Trinajstić information content (AvgIpc) is 3.01. The summed E-state index contributed by atoms with van der Waals surface area (Å²) in [5.41, 5.74) is 5.19. The standard InChI is InChI=1S/C21H21N3O2S/c1-12-5-6-22-10-17(12)21-24-15(4)20(27-21)18(25)11-23-9-16-7-13(2)19(26)14(3)8-16/h5-10,26H,11H2,1-4H3. The number of phenolic OH excluding ortho intramolecular Hbond substituents is 1. The molecule has 0 aliphatic carbocycles. The number of rotatable bonds is 5. The number of thiazole rings is 1. The fraction of sp³-hybridized carbons (Fsp3) is 0.238. The van der Waals surface area contributed by atoms with Gasteiger partial charge in [0.1, 0.15) is 17.3 Å². The molecule has 27 heavy (non-hydrogen) atoms. The molecule has 5 nitrogen and oxygen atoms in total. The lowest BCUT2D eigenvalue weighted by atomic mass is 10.1. The SMILES string of the molecule is Cc1ccncc1-c1nc(C)c(C(=O)CN=Cc2cc(C)c(O)c(C)c2)s1. The molecule has 2 heterocycles. The fourth-order valence-electron chi connectivity index (χ4n) is 2.83. The molecule has 0 unspecified atom stereocenters. The van der Waals surface area contributed by atoms with E-state index in [0.717, 1.165) is 38.5 Å². The van der Waals surface area contributed by atoms with E-state index in [9.17, 15) is 9.90 Å². The van der Waals surface area contributed by atoms with E-state index in [1.165, 1.54) is 11.3 Å². The predicted octanol–water partition coefficient (Wildman–Crippen LogP) is 4.45. The Hall–Kier alpha value is -2.86. The maximum absolute atomic E-state index is 12.6. The maximum atomic E-state index is 12.6. The topological polar surface area (TPSA) is 75.4 Å². The van der Waals surface area contributed by atoms with Gasteiger partial charge in [0.25, 0.3) is 0 Å². The molecule has 6 heteroatoms. The van der Waals surface area contributed by atoms with Gasteiger partial charge in [-0.1, -0.05) is 0 Å². The molecule has 1 N–H and O–H groups in total. The van der Waals surface area contributed by atoms with Crippen LogP contribution in [0.3, 0.4) is 0 Å². The first-order valence-corrected chi connectivity index (χ1v) is 9.40. The van der Waals surface area contributed by atoms with Crippen LogP contribution in [0.4, 0.5) is 0 Å². The van der Waals surface area contributed by atoms with Crippen molar-refractivity contribution in [2.24, 2.45) is 4.99 Å². The van der Waals surface area contributed by atoms with E-state index in [4.69, 9.17) is 0 Å². The van der Waals surface area contributed by atoms with E-state index in [-0.39, 0.29) is 12.3 Å². The number of ketones is 1. The number of phenols is 1. The van der Waals surface area contributed by atoms with E-state index in [1.54, 1.807) is 18.6 Å². The normalized spacial score (nSPS) is 11.3. The van der Waals surface area contributed by atoms with Gasteiger partial charge in [0, 0.05) is 24.2 Å². The number of pyridine rings is 1. The highest BCUT2D eigenvalue weighted by Gasteiger charge is 2.16. The first-order valence-electron chi connectivity index (χ1n) is 8.58. The van der Waals surface area contributed by atoms with Gasteiger partial charge in [-0.3, -0.25) is 14.8 Å². The van der Waals surface area contributed by atoms with Crippen molar-refractivity contribution in [3.8, 4) is 16.3 Å². The molecule has 138 valence electrons. The Bertz CT molecular complexity index is 1010. The number of hydrogen-bond acceptors (Lipinski definition) is 6. The molecule has 0 fully saturated rings. The van der Waals surface area contributed by atoms with Gasteiger partial charge in [-0.25, -0.2) is 4.98 Å². The van der Waals surface area contributed by atoms with Crippen LogP contribution in [0, 0.1) is 27.7 Å². The maximum Gasteiger partial charge on any atom is 0.196 e. The number of aliphatic imine (C=N–C) groups is 1. The van der Waals surface area contributed by atoms with Gasteiger partial charge in [0.05, 0.1) is 10.6 Å². The minimum Gasteiger partial charge on any atom is -0.507 e. The smallest absolute Gasteiger partial charge is 0.196 e. The van der Waals surface area contributed by atoms with Crippen LogP contribution in [0.1, 0.15) is 37.6 Å². The summed E-state index contributed by atoms with van der Waals surface area (Å²) in [5.74, 6) is 0.239. The Morgan fingerprint density at radius 3 is 2.56 bits per heavy atom. The summed E-state index contributed by atoms with van der Waals surface area (Å²) in [4.78, 5) is 26.2. The van der Waals surface area contributed by atoms with Crippen molar-refractivity contribution in [2.45, 2.75) is 27.7 Å². The summed E-state index contributed by atoms with van der Waals surface area (Å²) >= 11 is 1.38. The monoisotopic (exact) mass is 379 g/mol. The van der Waals surface area contributed by atoms with Crippen LogP contribution < -0.4 is 0 Å². The molecule has 0 aliphatic rings. The zero-order valence-electron chi connectivity index (χ0n) is 15.8. The lowest BCUT2D eigenvalue weighted by molar-refractivity contribution is 0.100. The summed E-state index contributed by atoms with van der Waals surface area (Å²) in [5, 5.41) is 10.6. The zero-order valence-corrected chi connectivity index (χ0v) is 16.6. The number of Topliss-reactive ketones (excluding diaryl/α,β-unsaturated/α-hetero) is 1. The van der Waals surface area contributed by atoms with Crippen molar-refractivity contribution in [3.05, 3.63) is 63.4 Å². The van der Waals surface area contributed by atoms with E-state index in [1.807, 2.05) is 45.9 Å². The Morgan fingerprint density at radius 2 is 1.89 bits per heavy atom. The largest absolute Gasteiger partial charge is 0.507 e. The second kappa shape index (κ2) is 7.80. The first kappa shape index (κ1) is 18.9. The molecule has 0 spiro atoms. The van der Waals surface area contributed by atoms with Gasteiger partial charge in [0.2, 0.25) is 0 Å². The van der Waals surface area contributed by atoms with Gasteiger partial charge in [-0.15, -0.1) is 11.3 Å². The Kier molecular flexibility index (Phi) is 5.46. The molecule has 0 atom stereocenters. The minimum absolute atomic E-state index is 0.0544. The zero-order chi connectivity index (χ0) is 19.6. The van der Waals surface area contributed by atoms with Crippen LogP contribution in [0.25, 0.3) is 10.6 Å². The molecule has 0 amide bonds. The van der Waals surface area contributed by atoms with Crippen LogP contribution in [0.2, 0.25) is 0 Å². The number of hydrogen-bond donors (Lipinski definition) is 1. The number of carbonyl (C=O) groups is 1. The highest BCUT2D eigenvalue weighted by molar-refractivity contribution is 7.17. The third-order valence-electron chi connectivity index (χ3n) is 4.31. The molecular formula is C21H21N3O2S. The molecule has 3 aromatic rings. The molecular weight excluding hydrogens is 358 g/mol. The molecule has 1 aromatic carbocycles. The van der Waals surface area contributed by atoms with Crippen molar-refractivity contribution in [1.29, 1.82) is 0 Å². The molecule has 0 saturated heterocycles. The number of nitrogens with zero attached hydrogens (tertiary/aromatic N) is 3. The van der Waals surface area contributed by atoms with Crippen LogP contribution in [0.5, 0.6) is 5.75 Å². The third-order valence-corrected chi connectivity index (χ3v) is 5.54. The number of aryl methyl sites for hydroxylation is 4. The van der Waals surface area contributed by atoms with E-state index in [0.29, 0.717) is 10.6 Å². The van der Waals surface area contributed by atoms with Gasteiger partial charge in [-0.05, 0) is 68.1 Å². The summed E-state index contributed by atoms with van der Waals surface area (Å²) in [7, 11) is 0. The molecule has 0 radical (unpaired) electrons. The number of aromatic hydroxyl groups is 1.